The lowest BCUT2D eigenvalue weighted by atomic mass is 10.1. The summed E-state index contributed by atoms with van der Waals surface area (Å²) in [5.74, 6) is -0.475. The van der Waals surface area contributed by atoms with E-state index in [1.807, 2.05) is 35.6 Å². The van der Waals surface area contributed by atoms with Gasteiger partial charge in [-0.3, -0.25) is 15.0 Å². The van der Waals surface area contributed by atoms with Crippen molar-refractivity contribution in [2.24, 2.45) is 5.73 Å². The smallest absolute Gasteiger partial charge is 0.318 e. The molecule has 1 aromatic rings. The number of hydrogen-bond acceptors (Lipinski definition) is 4. The van der Waals surface area contributed by atoms with Gasteiger partial charge in [-0.2, -0.15) is 0 Å². The van der Waals surface area contributed by atoms with Crippen molar-refractivity contribution in [3.63, 3.8) is 0 Å². The highest BCUT2D eigenvalue weighted by molar-refractivity contribution is 5.96. The Labute approximate surface area is 112 Å². The lowest BCUT2D eigenvalue weighted by Gasteiger charge is -2.27. The molecule has 6 nitrogen and oxygen atoms in total. The monoisotopic (exact) mass is 265 g/mol. The number of hydrogen-bond donors (Lipinski definition) is 3. The molecule has 0 aliphatic rings. The second-order valence-electron chi connectivity index (χ2n) is 4.21. The summed E-state index contributed by atoms with van der Waals surface area (Å²) in [6, 6.07) is 8.15. The summed E-state index contributed by atoms with van der Waals surface area (Å²) < 4.78 is 0. The van der Waals surface area contributed by atoms with Gasteiger partial charge in [0.15, 0.2) is 0 Å². The number of nitrogens with zero attached hydrogens (tertiary/aromatic N) is 1. The van der Waals surface area contributed by atoms with Crippen molar-refractivity contribution in [2.45, 2.75) is 19.5 Å². The normalized spacial score (nSPS) is 12.2. The highest BCUT2D eigenvalue weighted by Crippen LogP contribution is 2.08. The summed E-state index contributed by atoms with van der Waals surface area (Å²) >= 11 is 0. The standard InChI is InChI=1S/C13H19N3O3/c1-10(12(18)15-13(14)19)16(7-8-17)9-11-5-3-2-4-6-11/h2-6,10,17H,7-9H2,1H3,(H3,14,15,18,19). The highest BCUT2D eigenvalue weighted by atomic mass is 16.3. The lowest BCUT2D eigenvalue weighted by molar-refractivity contribution is -0.125. The van der Waals surface area contributed by atoms with Crippen LogP contribution in [0.1, 0.15) is 12.5 Å². The van der Waals surface area contributed by atoms with Gasteiger partial charge >= 0.3 is 6.03 Å². The minimum atomic E-state index is -0.875. The number of imide groups is 1. The molecule has 0 bridgehead atoms. The van der Waals surface area contributed by atoms with Crippen LogP contribution in [0, 0.1) is 0 Å². The Morgan fingerprint density at radius 3 is 2.53 bits per heavy atom. The molecule has 0 aromatic heterocycles. The summed E-state index contributed by atoms with van der Waals surface area (Å²) in [5.41, 5.74) is 5.94. The third-order valence-corrected chi connectivity index (χ3v) is 2.79. The first-order chi connectivity index (χ1) is 9.04. The van der Waals surface area contributed by atoms with Crippen LogP contribution in [-0.4, -0.2) is 41.1 Å². The molecule has 0 radical (unpaired) electrons. The van der Waals surface area contributed by atoms with Crippen LogP contribution in [0.4, 0.5) is 4.79 Å². The van der Waals surface area contributed by atoms with Gasteiger partial charge in [-0.25, -0.2) is 4.79 Å². The molecule has 0 aliphatic carbocycles. The van der Waals surface area contributed by atoms with Crippen LogP contribution in [0.3, 0.4) is 0 Å². The summed E-state index contributed by atoms with van der Waals surface area (Å²) in [4.78, 5) is 24.2. The number of urea groups is 1. The van der Waals surface area contributed by atoms with Gasteiger partial charge < -0.3 is 10.8 Å². The van der Waals surface area contributed by atoms with Gasteiger partial charge in [0.25, 0.3) is 0 Å². The Kier molecular flexibility index (Phi) is 5.98. The molecule has 1 atom stereocenters. The van der Waals surface area contributed by atoms with E-state index >= 15 is 0 Å². The van der Waals surface area contributed by atoms with E-state index < -0.39 is 18.0 Å². The van der Waals surface area contributed by atoms with Crippen molar-refractivity contribution in [2.75, 3.05) is 13.2 Å². The van der Waals surface area contributed by atoms with Gasteiger partial charge in [0, 0.05) is 13.1 Å². The number of carbonyl (C=O) groups is 2. The molecule has 0 fully saturated rings. The Morgan fingerprint density at radius 2 is 2.00 bits per heavy atom. The number of nitrogens with two attached hydrogens (primary N) is 1. The fourth-order valence-corrected chi connectivity index (χ4v) is 1.75. The largest absolute Gasteiger partial charge is 0.395 e. The van der Waals surface area contributed by atoms with Gasteiger partial charge in [0.2, 0.25) is 5.91 Å². The van der Waals surface area contributed by atoms with E-state index in [2.05, 4.69) is 0 Å². The fraction of sp³-hybridized carbons (Fsp3) is 0.385. The van der Waals surface area contributed by atoms with E-state index in [0.717, 1.165) is 5.56 Å². The number of carbonyl (C=O) groups excluding carboxylic acids is 2. The van der Waals surface area contributed by atoms with E-state index in [1.165, 1.54) is 0 Å². The van der Waals surface area contributed by atoms with Gasteiger partial charge in [0.1, 0.15) is 0 Å². The molecule has 0 heterocycles. The third-order valence-electron chi connectivity index (χ3n) is 2.79. The number of aliphatic hydroxyl groups excluding tert-OH is 1. The second-order valence-corrected chi connectivity index (χ2v) is 4.21. The van der Waals surface area contributed by atoms with Crippen LogP contribution >= 0.6 is 0 Å². The van der Waals surface area contributed by atoms with Crippen molar-refractivity contribution < 1.29 is 14.7 Å². The van der Waals surface area contributed by atoms with Crippen molar-refractivity contribution >= 4 is 11.9 Å². The van der Waals surface area contributed by atoms with Crippen LogP contribution in [-0.2, 0) is 11.3 Å². The van der Waals surface area contributed by atoms with Gasteiger partial charge in [0.05, 0.1) is 12.6 Å². The fourth-order valence-electron chi connectivity index (χ4n) is 1.75. The Morgan fingerprint density at radius 1 is 1.37 bits per heavy atom. The summed E-state index contributed by atoms with van der Waals surface area (Å²) in [7, 11) is 0. The Bertz CT molecular complexity index is 422. The first kappa shape index (κ1) is 15.1. The number of benzene rings is 1. The van der Waals surface area contributed by atoms with E-state index in [4.69, 9.17) is 10.8 Å². The van der Waals surface area contributed by atoms with Crippen LogP contribution in [0.15, 0.2) is 30.3 Å². The van der Waals surface area contributed by atoms with Gasteiger partial charge in [-0.1, -0.05) is 30.3 Å². The van der Waals surface area contributed by atoms with E-state index in [0.29, 0.717) is 13.1 Å². The predicted octanol–water partition coefficient (Wildman–Crippen LogP) is 0.0643. The van der Waals surface area contributed by atoms with Crippen molar-refractivity contribution in [3.05, 3.63) is 35.9 Å². The number of amides is 3. The minimum absolute atomic E-state index is 0.0684. The van der Waals surface area contributed by atoms with Crippen molar-refractivity contribution in [1.82, 2.24) is 10.2 Å². The topological polar surface area (TPSA) is 95.7 Å². The Balaban J connectivity index is 2.71. The van der Waals surface area contributed by atoms with Gasteiger partial charge in [-0.15, -0.1) is 0 Å². The minimum Gasteiger partial charge on any atom is -0.395 e. The zero-order valence-electron chi connectivity index (χ0n) is 10.9. The molecule has 1 unspecified atom stereocenters. The average Bonchev–Trinajstić information content (AvgIpc) is 2.38. The molecule has 1 rings (SSSR count). The molecule has 0 saturated carbocycles. The van der Waals surface area contributed by atoms with Crippen LogP contribution in [0.5, 0.6) is 0 Å². The zero-order valence-corrected chi connectivity index (χ0v) is 10.9. The number of rotatable bonds is 6. The molecule has 1 aromatic carbocycles. The summed E-state index contributed by atoms with van der Waals surface area (Å²) in [6.07, 6.45) is 0. The quantitative estimate of drug-likeness (QED) is 0.678. The Hall–Kier alpha value is -1.92. The van der Waals surface area contributed by atoms with E-state index in [1.54, 1.807) is 11.8 Å². The molecule has 0 aliphatic heterocycles. The van der Waals surface area contributed by atoms with Crippen LogP contribution in [0.25, 0.3) is 0 Å². The third kappa shape index (κ3) is 5.07. The SMILES string of the molecule is CC(C(=O)NC(N)=O)N(CCO)Cc1ccccc1. The second kappa shape index (κ2) is 7.50. The highest BCUT2D eigenvalue weighted by Gasteiger charge is 2.21. The maximum Gasteiger partial charge on any atom is 0.318 e. The summed E-state index contributed by atoms with van der Waals surface area (Å²) in [5, 5.41) is 11.1. The molecule has 19 heavy (non-hydrogen) atoms. The summed E-state index contributed by atoms with van der Waals surface area (Å²) in [6.45, 7) is 2.44. The molecule has 0 saturated heterocycles. The molecule has 3 amide bonds. The van der Waals surface area contributed by atoms with Crippen LogP contribution < -0.4 is 11.1 Å². The number of aliphatic hydroxyl groups is 1. The molecular formula is C13H19N3O3. The van der Waals surface area contributed by atoms with Gasteiger partial charge in [-0.05, 0) is 12.5 Å². The number of primary amides is 1. The maximum absolute atomic E-state index is 11.7. The molecule has 4 N–H and O–H groups in total. The van der Waals surface area contributed by atoms with Crippen LogP contribution in [0.2, 0.25) is 0 Å². The maximum atomic E-state index is 11.7. The molecular weight excluding hydrogens is 246 g/mol. The van der Waals surface area contributed by atoms with Crippen molar-refractivity contribution in [1.29, 1.82) is 0 Å². The van der Waals surface area contributed by atoms with E-state index in [9.17, 15) is 9.59 Å². The van der Waals surface area contributed by atoms with Crippen molar-refractivity contribution in [3.8, 4) is 0 Å². The lowest BCUT2D eigenvalue weighted by Crippen LogP contribution is -2.48. The molecule has 0 spiro atoms. The first-order valence-electron chi connectivity index (χ1n) is 6.03. The zero-order chi connectivity index (χ0) is 14.3. The molecule has 6 heteroatoms. The number of nitrogens with one attached hydrogen (secondary N) is 1. The first-order valence-corrected chi connectivity index (χ1v) is 6.03. The van der Waals surface area contributed by atoms with E-state index in [-0.39, 0.29) is 6.61 Å². The molecule has 104 valence electrons. The predicted molar refractivity (Wildman–Crippen MR) is 71.1 cm³/mol. The average molecular weight is 265 g/mol.